The number of aryl methyl sites for hydroxylation is 1. The van der Waals surface area contributed by atoms with Crippen molar-refractivity contribution in [3.8, 4) is 5.88 Å². The number of halogens is 1. The molecule has 2 rings (SSSR count). The molecule has 2 heterocycles. The number of methoxy groups -OCH3 is 1. The minimum Gasteiger partial charge on any atom is -0.479 e. The van der Waals surface area contributed by atoms with Gasteiger partial charge in [-0.1, -0.05) is 20.3 Å². The molecule has 0 N–H and O–H groups in total. The SMILES string of the molecule is CCC(C)Cn1c(CCCl)nc2c(OC)ncnc21. The van der Waals surface area contributed by atoms with Crippen LogP contribution in [0.5, 0.6) is 5.88 Å². The zero-order valence-electron chi connectivity index (χ0n) is 11.6. The smallest absolute Gasteiger partial charge is 0.245 e. The second-order valence-corrected chi connectivity index (χ2v) is 5.02. The molecule has 0 aliphatic carbocycles. The first kappa shape index (κ1) is 14.1. The number of aromatic nitrogens is 4. The Morgan fingerprint density at radius 3 is 2.84 bits per heavy atom. The molecule has 0 fully saturated rings. The van der Waals surface area contributed by atoms with Crippen molar-refractivity contribution in [1.82, 2.24) is 19.5 Å². The van der Waals surface area contributed by atoms with Gasteiger partial charge in [-0.3, -0.25) is 0 Å². The Labute approximate surface area is 118 Å². The van der Waals surface area contributed by atoms with Crippen molar-refractivity contribution in [3.05, 3.63) is 12.2 Å². The van der Waals surface area contributed by atoms with Crippen molar-refractivity contribution in [1.29, 1.82) is 0 Å². The molecule has 2 aromatic heterocycles. The van der Waals surface area contributed by atoms with Crippen molar-refractivity contribution < 1.29 is 4.74 Å². The van der Waals surface area contributed by atoms with Gasteiger partial charge in [0.25, 0.3) is 0 Å². The molecule has 5 nitrogen and oxygen atoms in total. The van der Waals surface area contributed by atoms with Crippen LogP contribution in [0.2, 0.25) is 0 Å². The lowest BCUT2D eigenvalue weighted by Gasteiger charge is -2.12. The average Bonchev–Trinajstić information content (AvgIpc) is 2.77. The molecule has 6 heteroatoms. The standard InChI is InChI=1S/C13H19ClN4O/c1-4-9(2)7-18-10(5-6-14)17-11-12(18)15-8-16-13(11)19-3/h8-9H,4-7H2,1-3H3. The van der Waals surface area contributed by atoms with E-state index in [4.69, 9.17) is 16.3 Å². The number of hydrogen-bond acceptors (Lipinski definition) is 4. The molecule has 0 aliphatic heterocycles. The first-order valence-electron chi connectivity index (χ1n) is 6.51. The highest BCUT2D eigenvalue weighted by Crippen LogP contribution is 2.23. The molecule has 0 bridgehead atoms. The van der Waals surface area contributed by atoms with Crippen molar-refractivity contribution in [3.63, 3.8) is 0 Å². The van der Waals surface area contributed by atoms with Crippen molar-refractivity contribution >= 4 is 22.8 Å². The first-order valence-corrected chi connectivity index (χ1v) is 7.04. The Morgan fingerprint density at radius 2 is 2.21 bits per heavy atom. The van der Waals surface area contributed by atoms with Crippen LogP contribution in [0.3, 0.4) is 0 Å². The minimum absolute atomic E-state index is 0.517. The van der Waals surface area contributed by atoms with Gasteiger partial charge in [0.15, 0.2) is 11.2 Å². The fourth-order valence-electron chi connectivity index (χ4n) is 2.02. The van der Waals surface area contributed by atoms with Crippen LogP contribution in [-0.4, -0.2) is 32.5 Å². The molecule has 0 aliphatic rings. The van der Waals surface area contributed by atoms with E-state index in [1.54, 1.807) is 7.11 Å². The van der Waals surface area contributed by atoms with Crippen molar-refractivity contribution in [2.75, 3.05) is 13.0 Å². The number of alkyl halides is 1. The maximum absolute atomic E-state index is 5.86. The zero-order valence-corrected chi connectivity index (χ0v) is 12.3. The highest BCUT2D eigenvalue weighted by atomic mass is 35.5. The third-order valence-corrected chi connectivity index (χ3v) is 3.47. The normalized spacial score (nSPS) is 12.8. The van der Waals surface area contributed by atoms with Gasteiger partial charge in [-0.25, -0.2) is 9.97 Å². The molecule has 19 heavy (non-hydrogen) atoms. The Balaban J connectivity index is 2.53. The second kappa shape index (κ2) is 6.19. The van der Waals surface area contributed by atoms with Gasteiger partial charge in [0.1, 0.15) is 12.2 Å². The summed E-state index contributed by atoms with van der Waals surface area (Å²) in [4.78, 5) is 13.0. The minimum atomic E-state index is 0.517. The first-order chi connectivity index (χ1) is 9.21. The third kappa shape index (κ3) is 2.81. The van der Waals surface area contributed by atoms with E-state index in [0.29, 0.717) is 23.2 Å². The summed E-state index contributed by atoms with van der Waals surface area (Å²) in [7, 11) is 1.59. The van der Waals surface area contributed by atoms with Crippen LogP contribution in [0.4, 0.5) is 0 Å². The van der Waals surface area contributed by atoms with E-state index in [1.807, 2.05) is 0 Å². The van der Waals surface area contributed by atoms with Crippen LogP contribution in [0, 0.1) is 5.92 Å². The van der Waals surface area contributed by atoms with Crippen LogP contribution < -0.4 is 4.74 Å². The fraction of sp³-hybridized carbons (Fsp3) is 0.615. The summed E-state index contributed by atoms with van der Waals surface area (Å²) < 4.78 is 7.38. The quantitative estimate of drug-likeness (QED) is 0.765. The van der Waals surface area contributed by atoms with Gasteiger partial charge in [-0.2, -0.15) is 4.98 Å². The van der Waals surface area contributed by atoms with Gasteiger partial charge in [-0.15, -0.1) is 11.6 Å². The lowest BCUT2D eigenvalue weighted by atomic mass is 10.1. The molecule has 0 saturated carbocycles. The molecule has 0 saturated heterocycles. The number of rotatable bonds is 6. The molecule has 0 radical (unpaired) electrons. The zero-order chi connectivity index (χ0) is 13.8. The van der Waals surface area contributed by atoms with Crippen LogP contribution >= 0.6 is 11.6 Å². The third-order valence-electron chi connectivity index (χ3n) is 3.28. The monoisotopic (exact) mass is 282 g/mol. The summed E-state index contributed by atoms with van der Waals surface area (Å²) in [5.74, 6) is 2.57. The van der Waals surface area contributed by atoms with E-state index in [9.17, 15) is 0 Å². The summed E-state index contributed by atoms with van der Waals surface area (Å²) in [5, 5.41) is 0. The van der Waals surface area contributed by atoms with Crippen molar-refractivity contribution in [2.24, 2.45) is 5.92 Å². The Bertz CT molecular complexity index is 555. The van der Waals surface area contributed by atoms with Gasteiger partial charge in [0, 0.05) is 18.8 Å². The van der Waals surface area contributed by atoms with E-state index in [-0.39, 0.29) is 0 Å². The van der Waals surface area contributed by atoms with E-state index >= 15 is 0 Å². The number of imidazole rings is 1. The second-order valence-electron chi connectivity index (χ2n) is 4.65. The number of hydrogen-bond donors (Lipinski definition) is 0. The van der Waals surface area contributed by atoms with Crippen LogP contribution in [0.15, 0.2) is 6.33 Å². The maximum atomic E-state index is 5.86. The molecule has 1 unspecified atom stereocenters. The predicted octanol–water partition coefficient (Wildman–Crippen LogP) is 2.66. The molecule has 2 aromatic rings. The fourth-order valence-corrected chi connectivity index (χ4v) is 2.19. The van der Waals surface area contributed by atoms with Gasteiger partial charge in [0.05, 0.1) is 7.11 Å². The molecule has 0 amide bonds. The highest BCUT2D eigenvalue weighted by molar-refractivity contribution is 6.17. The molecular weight excluding hydrogens is 264 g/mol. The highest BCUT2D eigenvalue weighted by Gasteiger charge is 2.17. The Morgan fingerprint density at radius 1 is 1.42 bits per heavy atom. The summed E-state index contributed by atoms with van der Waals surface area (Å²) in [6.45, 7) is 5.29. The van der Waals surface area contributed by atoms with Gasteiger partial charge in [0.2, 0.25) is 5.88 Å². The summed E-state index contributed by atoms with van der Waals surface area (Å²) in [6, 6.07) is 0. The topological polar surface area (TPSA) is 52.8 Å². The Hall–Kier alpha value is -1.36. The van der Waals surface area contributed by atoms with Crippen LogP contribution in [-0.2, 0) is 13.0 Å². The number of ether oxygens (including phenoxy) is 1. The molecule has 0 spiro atoms. The number of nitrogens with zero attached hydrogens (tertiary/aromatic N) is 4. The van der Waals surface area contributed by atoms with Crippen LogP contribution in [0.25, 0.3) is 11.2 Å². The van der Waals surface area contributed by atoms with Crippen LogP contribution in [0.1, 0.15) is 26.1 Å². The molecule has 1 atom stereocenters. The van der Waals surface area contributed by atoms with Gasteiger partial charge < -0.3 is 9.30 Å². The van der Waals surface area contributed by atoms with E-state index in [0.717, 1.165) is 30.9 Å². The van der Waals surface area contributed by atoms with Crippen molar-refractivity contribution in [2.45, 2.75) is 33.2 Å². The Kier molecular flexibility index (Phi) is 4.58. The largest absolute Gasteiger partial charge is 0.479 e. The molecule has 0 aromatic carbocycles. The van der Waals surface area contributed by atoms with E-state index in [2.05, 4.69) is 33.4 Å². The van der Waals surface area contributed by atoms with E-state index < -0.39 is 0 Å². The van der Waals surface area contributed by atoms with Gasteiger partial charge >= 0.3 is 0 Å². The molecular formula is C13H19ClN4O. The summed E-state index contributed by atoms with van der Waals surface area (Å²) in [5.41, 5.74) is 1.54. The number of fused-ring (bicyclic) bond motifs is 1. The predicted molar refractivity (Wildman–Crippen MR) is 75.8 cm³/mol. The van der Waals surface area contributed by atoms with E-state index in [1.165, 1.54) is 6.33 Å². The lowest BCUT2D eigenvalue weighted by molar-refractivity contribution is 0.401. The molecule has 104 valence electrons. The summed E-state index contributed by atoms with van der Waals surface area (Å²) >= 11 is 5.86. The average molecular weight is 283 g/mol. The summed E-state index contributed by atoms with van der Waals surface area (Å²) in [6.07, 6.45) is 3.35. The van der Waals surface area contributed by atoms with Gasteiger partial charge in [-0.05, 0) is 5.92 Å². The lowest BCUT2D eigenvalue weighted by Crippen LogP contribution is -2.11. The maximum Gasteiger partial charge on any atom is 0.245 e.